The van der Waals surface area contributed by atoms with Gasteiger partial charge < -0.3 is 4.90 Å². The highest BCUT2D eigenvalue weighted by Gasteiger charge is 2.38. The Morgan fingerprint density at radius 3 is 2.03 bits per heavy atom. The van der Waals surface area contributed by atoms with Crippen LogP contribution in [0.1, 0.15) is 44.5 Å². The Morgan fingerprint density at radius 2 is 1.14 bits per heavy atom. The summed E-state index contributed by atoms with van der Waals surface area (Å²) in [4.78, 5) is 2.60. The highest BCUT2D eigenvalue weighted by atomic mass is 15.2. The Labute approximate surface area is 205 Å². The maximum Gasteiger partial charge on any atom is 0.0539 e. The minimum absolute atomic E-state index is 1.02. The van der Waals surface area contributed by atoms with Crippen molar-refractivity contribution in [1.29, 1.82) is 0 Å². The lowest BCUT2D eigenvalue weighted by Crippen LogP contribution is -2.26. The highest BCUT2D eigenvalue weighted by Crippen LogP contribution is 2.57. The van der Waals surface area contributed by atoms with Crippen LogP contribution in [0.4, 0.5) is 17.1 Å². The van der Waals surface area contributed by atoms with E-state index in [0.29, 0.717) is 0 Å². The molecule has 0 amide bonds. The van der Waals surface area contributed by atoms with Gasteiger partial charge in [0.25, 0.3) is 0 Å². The molecule has 9 rings (SSSR count). The van der Waals surface area contributed by atoms with Gasteiger partial charge in [-0.15, -0.1) is 0 Å². The summed E-state index contributed by atoms with van der Waals surface area (Å²) in [5, 5.41) is 0. The fourth-order valence-corrected chi connectivity index (χ4v) is 7.34. The zero-order valence-electron chi connectivity index (χ0n) is 19.4. The lowest BCUT2D eigenvalue weighted by molar-refractivity contribution is 0.994. The first-order valence-electron chi connectivity index (χ1n) is 12.7. The fourth-order valence-electron chi connectivity index (χ4n) is 7.34. The summed E-state index contributed by atoms with van der Waals surface area (Å²) in [6.45, 7) is 0. The molecule has 0 spiro atoms. The number of hydrogen-bond acceptors (Lipinski definition) is 1. The van der Waals surface area contributed by atoms with Crippen molar-refractivity contribution in [3.05, 3.63) is 136 Å². The van der Waals surface area contributed by atoms with Crippen LogP contribution in [0.25, 0.3) is 22.3 Å². The van der Waals surface area contributed by atoms with Crippen LogP contribution < -0.4 is 4.90 Å². The van der Waals surface area contributed by atoms with E-state index in [1.165, 1.54) is 83.8 Å². The van der Waals surface area contributed by atoms with E-state index in [9.17, 15) is 0 Å². The summed E-state index contributed by atoms with van der Waals surface area (Å²) in [5.74, 6) is 0. The molecule has 0 N–H and O–H groups in total. The van der Waals surface area contributed by atoms with E-state index < -0.39 is 0 Å². The van der Waals surface area contributed by atoms with Crippen molar-refractivity contribution in [3.8, 4) is 22.3 Å². The third kappa shape index (κ3) is 2.24. The molecule has 0 fully saturated rings. The van der Waals surface area contributed by atoms with Crippen molar-refractivity contribution in [2.24, 2.45) is 0 Å². The van der Waals surface area contributed by atoms with Crippen LogP contribution in [-0.2, 0) is 25.7 Å². The van der Waals surface area contributed by atoms with Gasteiger partial charge in [-0.1, -0.05) is 78.9 Å². The Morgan fingerprint density at radius 1 is 0.429 bits per heavy atom. The molecule has 0 saturated heterocycles. The fraction of sp³-hybridized carbons (Fsp3) is 0.118. The van der Waals surface area contributed by atoms with Gasteiger partial charge in [-0.3, -0.25) is 0 Å². The summed E-state index contributed by atoms with van der Waals surface area (Å²) in [6.07, 6.45) is 4.13. The number of benzene rings is 5. The van der Waals surface area contributed by atoms with Gasteiger partial charge >= 0.3 is 0 Å². The minimum atomic E-state index is 1.02. The van der Waals surface area contributed by atoms with Gasteiger partial charge in [0.05, 0.1) is 11.4 Å². The third-order valence-electron chi connectivity index (χ3n) is 8.74. The Bertz CT molecular complexity index is 1760. The first kappa shape index (κ1) is 18.3. The first-order chi connectivity index (χ1) is 17.3. The summed E-state index contributed by atoms with van der Waals surface area (Å²) in [5.41, 5.74) is 21.9. The zero-order valence-corrected chi connectivity index (χ0v) is 19.4. The molecule has 0 bridgehead atoms. The van der Waals surface area contributed by atoms with Gasteiger partial charge in [-0.25, -0.2) is 0 Å². The van der Waals surface area contributed by atoms with Crippen LogP contribution in [0, 0.1) is 0 Å². The van der Waals surface area contributed by atoms with E-state index in [-0.39, 0.29) is 0 Å². The lowest BCUT2D eigenvalue weighted by atomic mass is 9.80. The van der Waals surface area contributed by atoms with Crippen LogP contribution in [0.5, 0.6) is 0 Å². The molecule has 5 aromatic carbocycles. The zero-order chi connectivity index (χ0) is 22.7. The second kappa shape index (κ2) is 6.31. The molecule has 0 radical (unpaired) electrons. The monoisotopic (exact) mass is 445 g/mol. The second-order valence-electron chi connectivity index (χ2n) is 10.5. The second-order valence-corrected chi connectivity index (χ2v) is 10.5. The van der Waals surface area contributed by atoms with Crippen LogP contribution in [0.3, 0.4) is 0 Å². The van der Waals surface area contributed by atoms with E-state index in [1.54, 1.807) is 0 Å². The number of anilines is 3. The number of fused-ring (bicyclic) bond motifs is 12. The van der Waals surface area contributed by atoms with Gasteiger partial charge in [0.2, 0.25) is 0 Å². The number of rotatable bonds is 0. The van der Waals surface area contributed by atoms with E-state index in [4.69, 9.17) is 0 Å². The molecular formula is C34H23N. The largest absolute Gasteiger partial charge is 0.309 e. The van der Waals surface area contributed by atoms with Crippen molar-refractivity contribution >= 4 is 17.1 Å². The molecule has 35 heavy (non-hydrogen) atoms. The smallest absolute Gasteiger partial charge is 0.0539 e. The van der Waals surface area contributed by atoms with E-state index in [2.05, 4.69) is 95.9 Å². The molecule has 4 aliphatic rings. The molecule has 1 nitrogen and oxygen atoms in total. The highest BCUT2D eigenvalue weighted by molar-refractivity contribution is 5.97. The lowest BCUT2D eigenvalue weighted by Gasteiger charge is -2.41. The molecule has 2 aliphatic heterocycles. The first-order valence-corrected chi connectivity index (χ1v) is 12.7. The average Bonchev–Trinajstić information content (AvgIpc) is 3.47. The quantitative estimate of drug-likeness (QED) is 0.228. The van der Waals surface area contributed by atoms with Gasteiger partial charge in [0, 0.05) is 18.5 Å². The van der Waals surface area contributed by atoms with E-state index >= 15 is 0 Å². The number of hydrogen-bond donors (Lipinski definition) is 0. The van der Waals surface area contributed by atoms with Gasteiger partial charge in [-0.2, -0.15) is 0 Å². The van der Waals surface area contributed by atoms with Crippen LogP contribution in [0.15, 0.2) is 91.0 Å². The summed E-state index contributed by atoms with van der Waals surface area (Å²) < 4.78 is 0. The summed E-state index contributed by atoms with van der Waals surface area (Å²) in [6, 6.07) is 34.3. The van der Waals surface area contributed by atoms with Crippen LogP contribution >= 0.6 is 0 Å². The predicted molar refractivity (Wildman–Crippen MR) is 143 cm³/mol. The van der Waals surface area contributed by atoms with Crippen molar-refractivity contribution in [3.63, 3.8) is 0 Å². The van der Waals surface area contributed by atoms with E-state index in [0.717, 1.165) is 25.7 Å². The predicted octanol–water partition coefficient (Wildman–Crippen LogP) is 8.11. The number of nitrogens with zero attached hydrogens (tertiary/aromatic N) is 1. The molecular weight excluding hydrogens is 422 g/mol. The van der Waals surface area contributed by atoms with Gasteiger partial charge in [0.15, 0.2) is 0 Å². The Kier molecular flexibility index (Phi) is 3.29. The third-order valence-corrected chi connectivity index (χ3v) is 8.74. The summed E-state index contributed by atoms with van der Waals surface area (Å²) >= 11 is 0. The van der Waals surface area contributed by atoms with Crippen LogP contribution in [0.2, 0.25) is 0 Å². The van der Waals surface area contributed by atoms with Crippen molar-refractivity contribution in [1.82, 2.24) is 0 Å². The van der Waals surface area contributed by atoms with Crippen molar-refractivity contribution in [2.45, 2.75) is 25.7 Å². The Balaban J connectivity index is 1.37. The van der Waals surface area contributed by atoms with E-state index in [1.807, 2.05) is 0 Å². The molecule has 1 heteroatoms. The average molecular weight is 446 g/mol. The maximum atomic E-state index is 2.60. The molecule has 5 aromatic rings. The van der Waals surface area contributed by atoms with Crippen molar-refractivity contribution in [2.75, 3.05) is 4.90 Å². The normalized spacial score (nSPS) is 14.9. The molecule has 0 saturated carbocycles. The molecule has 164 valence electrons. The SMILES string of the molecule is c1ccc2c(c1)Cc1c-2ccc2c1Cc1c3c(cc4c1N2c1ccccc1C4)Cc1ccccc1-3. The topological polar surface area (TPSA) is 3.24 Å². The molecule has 2 aliphatic carbocycles. The molecule has 2 heterocycles. The van der Waals surface area contributed by atoms with Crippen molar-refractivity contribution < 1.29 is 0 Å². The standard InChI is InChI=1S/C34H23N/c1-4-10-25-21(8-1)18-28-27(25)13-14-32-29(28)19-30-33-23(15-20-7-2-5-11-26(20)33)17-24-16-22-9-3-6-12-31(22)35(32)34(24)30/h1-14,17H,15-16,18-19H2. The Hall–Kier alpha value is -4.10. The van der Waals surface area contributed by atoms with Crippen LogP contribution in [-0.4, -0.2) is 0 Å². The maximum absolute atomic E-state index is 2.60. The molecule has 0 atom stereocenters. The number of para-hydroxylation sites is 1. The summed E-state index contributed by atoms with van der Waals surface area (Å²) in [7, 11) is 0. The van der Waals surface area contributed by atoms with Gasteiger partial charge in [-0.05, 0) is 91.7 Å². The van der Waals surface area contributed by atoms with Gasteiger partial charge in [0.1, 0.15) is 0 Å². The molecule has 0 unspecified atom stereocenters. The minimum Gasteiger partial charge on any atom is -0.309 e. The molecule has 0 aromatic heterocycles.